The van der Waals surface area contributed by atoms with Crippen LogP contribution in [0.3, 0.4) is 0 Å². The summed E-state index contributed by atoms with van der Waals surface area (Å²) < 4.78 is 51.9. The van der Waals surface area contributed by atoms with Crippen LogP contribution in [0, 0.1) is 12.3 Å². The van der Waals surface area contributed by atoms with Crippen LogP contribution >= 0.6 is 0 Å². The van der Waals surface area contributed by atoms with Gasteiger partial charge in [-0.05, 0) is 66.8 Å². The summed E-state index contributed by atoms with van der Waals surface area (Å²) in [6.45, 7) is 6.60. The third-order valence-electron chi connectivity index (χ3n) is 9.89. The van der Waals surface area contributed by atoms with Gasteiger partial charge in [0.2, 0.25) is 23.8 Å². The van der Waals surface area contributed by atoms with Gasteiger partial charge in [-0.15, -0.1) is 0 Å². The van der Waals surface area contributed by atoms with Gasteiger partial charge in [-0.2, -0.15) is 28.2 Å². The van der Waals surface area contributed by atoms with Crippen LogP contribution in [0.1, 0.15) is 62.5 Å². The van der Waals surface area contributed by atoms with E-state index >= 15 is 0 Å². The van der Waals surface area contributed by atoms with Gasteiger partial charge in [0.25, 0.3) is 0 Å². The predicted octanol–water partition coefficient (Wildman–Crippen LogP) is 5.35. The minimum Gasteiger partial charge on any atom is -0.480 e. The van der Waals surface area contributed by atoms with Crippen LogP contribution in [0.5, 0.6) is 5.88 Å². The molecule has 0 radical (unpaired) electrons. The number of carboxylic acid groups (broad SMARTS) is 1. The highest BCUT2D eigenvalue weighted by Crippen LogP contribution is 2.46. The zero-order valence-corrected chi connectivity index (χ0v) is 28.6. The fraction of sp³-hybridized carbons (Fsp3) is 0.417. The first kappa shape index (κ1) is 35.6. The number of nitrogens with two attached hydrogens (primary N) is 1. The first-order valence-electron chi connectivity index (χ1n) is 16.9. The van der Waals surface area contributed by atoms with E-state index < -0.39 is 24.3 Å². The van der Waals surface area contributed by atoms with Crippen LogP contribution in [-0.2, 0) is 16.1 Å². The molecule has 3 atom stereocenters. The lowest BCUT2D eigenvalue weighted by Crippen LogP contribution is -2.46. The number of alkyl halides is 3. The number of hydrogen-bond donors (Lipinski definition) is 4. The maximum atomic E-state index is 15.0. The summed E-state index contributed by atoms with van der Waals surface area (Å²) in [5.74, 6) is -1.25. The number of aryl methyl sites for hydroxylation is 1. The van der Waals surface area contributed by atoms with Gasteiger partial charge in [0.05, 0.1) is 11.4 Å². The molecule has 4 heterocycles. The number of halogens is 3. The molecule has 2 aromatic carbocycles. The Hall–Kier alpha value is -5.18. The third-order valence-corrected chi connectivity index (χ3v) is 9.89. The molecule has 1 spiro atoms. The highest BCUT2D eigenvalue weighted by Gasteiger charge is 2.50. The summed E-state index contributed by atoms with van der Waals surface area (Å²) in [4.78, 5) is 33.3. The summed E-state index contributed by atoms with van der Waals surface area (Å²) in [7, 11) is 0. The standard InChI is InChI=1S/C36H41F3N8O4/c1-4-29-35(19-27(42-29)33(49)50)12-15-46(16-13-35)30-18-31(44-34(40)43-30)51-32(36(37,38)39)26-10-9-25(17-28(26)47-14-11-21(2)45-47)24-7-5-23(6-8-24)20-41-22(3)48/h5-11,14,17-18,27,29,32,42H,4,12-13,15-16,19-20H2,1-3H3,(H,41,48)(H,49,50)(H2,40,43,44)/t27?,29?,32-/m1/s1. The topological polar surface area (TPSA) is 161 Å². The van der Waals surface area contributed by atoms with Crippen molar-refractivity contribution in [3.05, 3.63) is 77.6 Å². The molecule has 6 rings (SSSR count). The summed E-state index contributed by atoms with van der Waals surface area (Å²) in [5.41, 5.74) is 8.73. The molecule has 0 aliphatic carbocycles. The van der Waals surface area contributed by atoms with Crippen molar-refractivity contribution in [3.8, 4) is 22.7 Å². The number of hydrogen-bond acceptors (Lipinski definition) is 9. The molecule has 2 aliphatic heterocycles. The zero-order chi connectivity index (χ0) is 36.5. The van der Waals surface area contributed by atoms with Crippen molar-refractivity contribution in [2.75, 3.05) is 23.7 Å². The van der Waals surface area contributed by atoms with Gasteiger partial charge in [-0.1, -0.05) is 43.3 Å². The summed E-state index contributed by atoms with van der Waals surface area (Å²) in [6.07, 6.45) is -3.02. The van der Waals surface area contributed by atoms with E-state index in [1.54, 1.807) is 31.3 Å². The fourth-order valence-corrected chi connectivity index (χ4v) is 7.28. The van der Waals surface area contributed by atoms with E-state index in [9.17, 15) is 27.9 Å². The normalized spacial score (nSPS) is 19.2. The number of carbonyl (C=O) groups is 2. The summed E-state index contributed by atoms with van der Waals surface area (Å²) in [5, 5.41) is 20.0. The van der Waals surface area contributed by atoms with Crippen LogP contribution in [0.15, 0.2) is 60.8 Å². The molecule has 1 amide bonds. The average Bonchev–Trinajstić information content (AvgIpc) is 3.69. The number of aromatic nitrogens is 4. The number of amides is 1. The number of aliphatic carboxylic acids is 1. The van der Waals surface area contributed by atoms with Crippen molar-refractivity contribution in [1.29, 1.82) is 0 Å². The second-order valence-electron chi connectivity index (χ2n) is 13.3. The first-order valence-corrected chi connectivity index (χ1v) is 16.9. The number of ether oxygens (including phenoxy) is 1. The highest BCUT2D eigenvalue weighted by molar-refractivity contribution is 5.74. The predicted molar refractivity (Wildman–Crippen MR) is 184 cm³/mol. The Kier molecular flexibility index (Phi) is 9.93. The Labute approximate surface area is 293 Å². The molecule has 0 bridgehead atoms. The number of benzene rings is 2. The minimum atomic E-state index is -4.85. The van der Waals surface area contributed by atoms with E-state index in [1.807, 2.05) is 36.1 Å². The lowest BCUT2D eigenvalue weighted by atomic mass is 9.71. The van der Waals surface area contributed by atoms with Gasteiger partial charge in [0, 0.05) is 50.4 Å². The third kappa shape index (κ3) is 7.77. The maximum Gasteiger partial charge on any atom is 0.429 e. The molecule has 2 fully saturated rings. The van der Waals surface area contributed by atoms with Gasteiger partial charge >= 0.3 is 12.1 Å². The van der Waals surface area contributed by atoms with Crippen LogP contribution in [0.4, 0.5) is 24.9 Å². The molecule has 270 valence electrons. The SMILES string of the molecule is CCC1NC(C(=O)O)CC12CCN(c1cc(O[C@H](c3ccc(-c4ccc(CNC(C)=O)cc4)cc3-n3ccc(C)n3)C(F)(F)F)nc(N)n1)CC2. The second kappa shape index (κ2) is 14.2. The van der Waals surface area contributed by atoms with Gasteiger partial charge in [0.1, 0.15) is 11.9 Å². The second-order valence-corrected chi connectivity index (χ2v) is 13.3. The van der Waals surface area contributed by atoms with Gasteiger partial charge in [0.15, 0.2) is 0 Å². The number of nitrogen functional groups attached to an aromatic ring is 1. The minimum absolute atomic E-state index is 0.0521. The molecule has 51 heavy (non-hydrogen) atoms. The summed E-state index contributed by atoms with van der Waals surface area (Å²) in [6, 6.07) is 14.5. The van der Waals surface area contributed by atoms with E-state index in [2.05, 4.69) is 25.7 Å². The largest absolute Gasteiger partial charge is 0.480 e. The molecule has 15 heteroatoms. The Morgan fingerprint density at radius 1 is 1.10 bits per heavy atom. The number of rotatable bonds is 10. The van der Waals surface area contributed by atoms with E-state index in [0.29, 0.717) is 56.0 Å². The Morgan fingerprint density at radius 3 is 2.41 bits per heavy atom. The molecule has 0 saturated carbocycles. The van der Waals surface area contributed by atoms with Crippen LogP contribution < -0.4 is 26.0 Å². The first-order chi connectivity index (χ1) is 24.2. The molecular formula is C36H41F3N8O4. The van der Waals surface area contributed by atoms with E-state index in [0.717, 1.165) is 17.5 Å². The number of carbonyl (C=O) groups excluding carboxylic acids is 1. The van der Waals surface area contributed by atoms with Crippen LogP contribution in [0.25, 0.3) is 16.8 Å². The van der Waals surface area contributed by atoms with E-state index in [-0.39, 0.29) is 40.4 Å². The van der Waals surface area contributed by atoms with Gasteiger partial charge in [-0.25, -0.2) is 4.68 Å². The van der Waals surface area contributed by atoms with Crippen LogP contribution in [-0.4, -0.2) is 68.1 Å². The van der Waals surface area contributed by atoms with Gasteiger partial charge in [-0.3, -0.25) is 9.59 Å². The molecule has 2 aromatic heterocycles. The number of anilines is 2. The van der Waals surface area contributed by atoms with Crippen molar-refractivity contribution < 1.29 is 32.6 Å². The average molecular weight is 707 g/mol. The molecule has 12 nitrogen and oxygen atoms in total. The van der Waals surface area contributed by atoms with Crippen molar-refractivity contribution in [3.63, 3.8) is 0 Å². The quantitative estimate of drug-likeness (QED) is 0.169. The lowest BCUT2D eigenvalue weighted by Gasteiger charge is -2.43. The van der Waals surface area contributed by atoms with Crippen molar-refractivity contribution in [2.24, 2.45) is 5.41 Å². The molecule has 2 saturated heterocycles. The zero-order valence-electron chi connectivity index (χ0n) is 28.6. The maximum absolute atomic E-state index is 15.0. The van der Waals surface area contributed by atoms with E-state index in [1.165, 1.54) is 23.7 Å². The number of carboxylic acids is 1. The molecular weight excluding hydrogens is 665 g/mol. The number of nitrogens with zero attached hydrogens (tertiary/aromatic N) is 5. The number of piperidine rings is 1. The van der Waals surface area contributed by atoms with Gasteiger partial charge < -0.3 is 31.1 Å². The molecule has 2 unspecified atom stereocenters. The molecule has 5 N–H and O–H groups in total. The Bertz CT molecular complexity index is 1890. The van der Waals surface area contributed by atoms with Crippen molar-refractivity contribution in [1.82, 2.24) is 30.4 Å². The van der Waals surface area contributed by atoms with Crippen molar-refractivity contribution in [2.45, 2.75) is 77.4 Å². The molecule has 2 aliphatic rings. The smallest absolute Gasteiger partial charge is 0.429 e. The fourth-order valence-electron chi connectivity index (χ4n) is 7.28. The van der Waals surface area contributed by atoms with E-state index in [4.69, 9.17) is 10.5 Å². The molecule has 4 aromatic rings. The Morgan fingerprint density at radius 2 is 1.80 bits per heavy atom. The number of nitrogens with one attached hydrogen (secondary N) is 2. The Balaban J connectivity index is 1.28. The van der Waals surface area contributed by atoms with Crippen LogP contribution in [0.2, 0.25) is 0 Å². The van der Waals surface area contributed by atoms with Crippen molar-refractivity contribution >= 4 is 23.6 Å². The summed E-state index contributed by atoms with van der Waals surface area (Å²) >= 11 is 0. The highest BCUT2D eigenvalue weighted by atomic mass is 19.4. The monoisotopic (exact) mass is 706 g/mol. The lowest BCUT2D eigenvalue weighted by molar-refractivity contribution is -0.198.